The Kier molecular flexibility index (Phi) is 3.82. The molecule has 0 fully saturated rings. The van der Waals surface area contributed by atoms with Gasteiger partial charge in [-0.2, -0.15) is 0 Å². The van der Waals surface area contributed by atoms with Gasteiger partial charge in [0.25, 0.3) is 0 Å². The Morgan fingerprint density at radius 1 is 1.61 bits per heavy atom. The van der Waals surface area contributed by atoms with Gasteiger partial charge in [0.1, 0.15) is 5.76 Å². The number of nitrogens with zero attached hydrogens (tertiary/aromatic N) is 3. The monoisotopic (exact) mass is 285 g/mol. The molecule has 1 atom stereocenters. The van der Waals surface area contributed by atoms with Crippen LogP contribution in [0.1, 0.15) is 12.7 Å². The SMILES string of the molecule is Cc1cc(NC(=O)[C@H](C)Sc2nnc(N)s2)no1. The van der Waals surface area contributed by atoms with Gasteiger partial charge in [-0.3, -0.25) is 4.79 Å². The fourth-order valence-corrected chi connectivity index (χ4v) is 2.91. The number of anilines is 2. The summed E-state index contributed by atoms with van der Waals surface area (Å²) in [6.07, 6.45) is 0. The molecule has 2 heterocycles. The molecule has 9 heteroatoms. The van der Waals surface area contributed by atoms with Gasteiger partial charge in [-0.1, -0.05) is 28.3 Å². The lowest BCUT2D eigenvalue weighted by atomic mass is 10.4. The first kappa shape index (κ1) is 12.8. The van der Waals surface area contributed by atoms with E-state index in [1.54, 1.807) is 19.9 Å². The van der Waals surface area contributed by atoms with Crippen molar-refractivity contribution in [2.75, 3.05) is 11.1 Å². The Morgan fingerprint density at radius 3 is 2.94 bits per heavy atom. The largest absolute Gasteiger partial charge is 0.374 e. The highest BCUT2D eigenvalue weighted by Gasteiger charge is 2.18. The van der Waals surface area contributed by atoms with E-state index in [-0.39, 0.29) is 11.2 Å². The highest BCUT2D eigenvalue weighted by atomic mass is 32.2. The molecule has 0 aliphatic carbocycles. The molecule has 0 aliphatic heterocycles. The Bertz CT molecular complexity index is 553. The fourth-order valence-electron chi connectivity index (χ4n) is 1.13. The summed E-state index contributed by atoms with van der Waals surface area (Å²) in [7, 11) is 0. The number of nitrogens with one attached hydrogen (secondary N) is 1. The van der Waals surface area contributed by atoms with E-state index in [0.717, 1.165) is 0 Å². The first-order chi connectivity index (χ1) is 8.54. The number of thioether (sulfide) groups is 1. The van der Waals surface area contributed by atoms with Crippen LogP contribution in [0.25, 0.3) is 0 Å². The van der Waals surface area contributed by atoms with Crippen molar-refractivity contribution in [3.05, 3.63) is 11.8 Å². The topological polar surface area (TPSA) is 107 Å². The highest BCUT2D eigenvalue weighted by Crippen LogP contribution is 2.27. The van der Waals surface area contributed by atoms with Gasteiger partial charge in [-0.25, -0.2) is 0 Å². The predicted octanol–water partition coefficient (Wildman–Crippen LogP) is 1.54. The number of rotatable bonds is 4. The molecule has 96 valence electrons. The number of carbonyl (C=O) groups excluding carboxylic acids is 1. The molecule has 0 radical (unpaired) electrons. The van der Waals surface area contributed by atoms with E-state index in [9.17, 15) is 4.79 Å². The summed E-state index contributed by atoms with van der Waals surface area (Å²) in [4.78, 5) is 11.8. The maximum atomic E-state index is 11.8. The van der Waals surface area contributed by atoms with Crippen LogP contribution in [-0.2, 0) is 4.79 Å². The summed E-state index contributed by atoms with van der Waals surface area (Å²) in [5.74, 6) is 0.867. The molecule has 0 spiro atoms. The second-order valence-electron chi connectivity index (χ2n) is 3.48. The summed E-state index contributed by atoms with van der Waals surface area (Å²) in [5.41, 5.74) is 5.47. The molecule has 0 bridgehead atoms. The third kappa shape index (κ3) is 3.20. The molecule has 0 saturated heterocycles. The lowest BCUT2D eigenvalue weighted by Gasteiger charge is -2.07. The van der Waals surface area contributed by atoms with Crippen molar-refractivity contribution < 1.29 is 9.32 Å². The first-order valence-corrected chi connectivity index (χ1v) is 6.74. The van der Waals surface area contributed by atoms with Gasteiger partial charge in [0.2, 0.25) is 11.0 Å². The van der Waals surface area contributed by atoms with Gasteiger partial charge < -0.3 is 15.6 Å². The molecule has 3 N–H and O–H groups in total. The number of aromatic nitrogens is 3. The van der Waals surface area contributed by atoms with Crippen molar-refractivity contribution in [1.29, 1.82) is 0 Å². The third-order valence-corrected chi connectivity index (χ3v) is 3.88. The van der Waals surface area contributed by atoms with Crippen molar-refractivity contribution in [1.82, 2.24) is 15.4 Å². The Hall–Kier alpha value is -1.61. The minimum atomic E-state index is -0.325. The van der Waals surface area contributed by atoms with Crippen LogP contribution in [0, 0.1) is 6.92 Å². The van der Waals surface area contributed by atoms with Crippen molar-refractivity contribution >= 4 is 40.0 Å². The van der Waals surface area contributed by atoms with Gasteiger partial charge in [0, 0.05) is 6.07 Å². The van der Waals surface area contributed by atoms with Crippen LogP contribution in [0.5, 0.6) is 0 Å². The van der Waals surface area contributed by atoms with Gasteiger partial charge in [-0.15, -0.1) is 10.2 Å². The van der Waals surface area contributed by atoms with E-state index in [4.69, 9.17) is 10.3 Å². The molecule has 0 saturated carbocycles. The second kappa shape index (κ2) is 5.36. The zero-order chi connectivity index (χ0) is 13.1. The van der Waals surface area contributed by atoms with Crippen molar-refractivity contribution in [3.8, 4) is 0 Å². The Labute approximate surface area is 111 Å². The van der Waals surface area contributed by atoms with Crippen LogP contribution in [0.15, 0.2) is 14.9 Å². The summed E-state index contributed by atoms with van der Waals surface area (Å²) in [5, 5.41) is 13.9. The number of carbonyl (C=O) groups is 1. The van der Waals surface area contributed by atoms with Crippen LogP contribution >= 0.6 is 23.1 Å². The van der Waals surface area contributed by atoms with Crippen molar-refractivity contribution in [2.45, 2.75) is 23.4 Å². The normalized spacial score (nSPS) is 12.3. The summed E-state index contributed by atoms with van der Waals surface area (Å²) < 4.78 is 5.52. The van der Waals surface area contributed by atoms with E-state index >= 15 is 0 Å². The van der Waals surface area contributed by atoms with Crippen molar-refractivity contribution in [2.24, 2.45) is 0 Å². The van der Waals surface area contributed by atoms with Crippen LogP contribution in [0.4, 0.5) is 10.9 Å². The van der Waals surface area contributed by atoms with Crippen LogP contribution in [-0.4, -0.2) is 26.5 Å². The summed E-state index contributed by atoms with van der Waals surface area (Å²) in [6.45, 7) is 3.52. The van der Waals surface area contributed by atoms with Crippen LogP contribution < -0.4 is 11.1 Å². The molecule has 0 unspecified atom stereocenters. The van der Waals surface area contributed by atoms with Crippen molar-refractivity contribution in [3.63, 3.8) is 0 Å². The molecule has 1 amide bonds. The number of aryl methyl sites for hydroxylation is 1. The standard InChI is InChI=1S/C9H11N5O2S2/c1-4-3-6(14-16-4)11-7(15)5(2)17-9-13-12-8(10)18-9/h3,5H,1-2H3,(H2,10,12)(H,11,14,15)/t5-/m0/s1. The van der Waals surface area contributed by atoms with E-state index in [1.807, 2.05) is 0 Å². The fraction of sp³-hybridized carbons (Fsp3) is 0.333. The lowest BCUT2D eigenvalue weighted by molar-refractivity contribution is -0.115. The first-order valence-electron chi connectivity index (χ1n) is 5.04. The third-order valence-electron chi connectivity index (χ3n) is 1.95. The lowest BCUT2D eigenvalue weighted by Crippen LogP contribution is -2.22. The zero-order valence-electron chi connectivity index (χ0n) is 9.71. The van der Waals surface area contributed by atoms with E-state index < -0.39 is 0 Å². The molecule has 2 aromatic heterocycles. The minimum Gasteiger partial charge on any atom is -0.374 e. The predicted molar refractivity (Wildman–Crippen MR) is 69.5 cm³/mol. The van der Waals surface area contributed by atoms with Crippen LogP contribution in [0.3, 0.4) is 0 Å². The van der Waals surface area contributed by atoms with E-state index in [2.05, 4.69) is 20.7 Å². The Morgan fingerprint density at radius 2 is 2.39 bits per heavy atom. The molecule has 0 aromatic carbocycles. The van der Waals surface area contributed by atoms with E-state index in [1.165, 1.54) is 23.1 Å². The number of amides is 1. The second-order valence-corrected chi connectivity index (χ2v) is 6.08. The average molecular weight is 285 g/mol. The quantitative estimate of drug-likeness (QED) is 0.820. The number of nitrogen functional groups attached to an aromatic ring is 1. The zero-order valence-corrected chi connectivity index (χ0v) is 11.3. The molecule has 2 rings (SSSR count). The maximum absolute atomic E-state index is 11.8. The number of hydrogen-bond donors (Lipinski definition) is 2. The molecule has 7 nitrogen and oxygen atoms in total. The highest BCUT2D eigenvalue weighted by molar-refractivity contribution is 8.02. The molecular weight excluding hydrogens is 274 g/mol. The maximum Gasteiger partial charge on any atom is 0.238 e. The van der Waals surface area contributed by atoms with Crippen LogP contribution in [0.2, 0.25) is 0 Å². The van der Waals surface area contributed by atoms with Gasteiger partial charge >= 0.3 is 0 Å². The Balaban J connectivity index is 1.92. The summed E-state index contributed by atoms with van der Waals surface area (Å²) in [6, 6.07) is 1.65. The molecule has 2 aromatic rings. The number of nitrogens with two attached hydrogens (primary N) is 1. The molecule has 0 aliphatic rings. The average Bonchev–Trinajstić information content (AvgIpc) is 2.88. The smallest absolute Gasteiger partial charge is 0.238 e. The van der Waals surface area contributed by atoms with Gasteiger partial charge in [0.15, 0.2) is 10.2 Å². The van der Waals surface area contributed by atoms with Gasteiger partial charge in [-0.05, 0) is 13.8 Å². The van der Waals surface area contributed by atoms with E-state index in [0.29, 0.717) is 21.0 Å². The molecular formula is C9H11N5O2S2. The molecule has 18 heavy (non-hydrogen) atoms. The van der Waals surface area contributed by atoms with Gasteiger partial charge in [0.05, 0.1) is 5.25 Å². The number of hydrogen-bond acceptors (Lipinski definition) is 8. The minimum absolute atomic E-state index is 0.179. The summed E-state index contributed by atoms with van der Waals surface area (Å²) >= 11 is 2.54.